The summed E-state index contributed by atoms with van der Waals surface area (Å²) >= 11 is 9.02. The molecule has 0 amide bonds. The van der Waals surface area contributed by atoms with Crippen molar-refractivity contribution < 1.29 is 9.66 Å². The summed E-state index contributed by atoms with van der Waals surface area (Å²) in [7, 11) is 0. The van der Waals surface area contributed by atoms with E-state index in [2.05, 4.69) is 15.9 Å². The second-order valence-electron chi connectivity index (χ2n) is 3.43. The van der Waals surface area contributed by atoms with Gasteiger partial charge in [0, 0.05) is 15.6 Å². The van der Waals surface area contributed by atoms with E-state index in [1.807, 2.05) is 6.07 Å². The Hall–Kier alpha value is -1.59. The molecule has 18 heavy (non-hydrogen) atoms. The Bertz CT molecular complexity index is 604. The number of rotatable bonds is 3. The minimum atomic E-state index is -0.529. The molecule has 0 bridgehead atoms. The first kappa shape index (κ1) is 12.9. The molecule has 2 aromatic rings. The van der Waals surface area contributed by atoms with Crippen LogP contribution in [0.2, 0.25) is 5.02 Å². The van der Waals surface area contributed by atoms with Gasteiger partial charge in [-0.3, -0.25) is 10.1 Å². The lowest BCUT2D eigenvalue weighted by Gasteiger charge is -2.06. The zero-order chi connectivity index (χ0) is 13.1. The summed E-state index contributed by atoms with van der Waals surface area (Å²) in [6.45, 7) is 0. The fourth-order valence-corrected chi connectivity index (χ4v) is 1.92. The lowest BCUT2D eigenvalue weighted by atomic mass is 10.3. The quantitative estimate of drug-likeness (QED) is 0.600. The van der Waals surface area contributed by atoms with Gasteiger partial charge in [0.25, 0.3) is 0 Å². The summed E-state index contributed by atoms with van der Waals surface area (Å²) in [4.78, 5) is 10.4. The van der Waals surface area contributed by atoms with Gasteiger partial charge >= 0.3 is 5.69 Å². The topological polar surface area (TPSA) is 52.4 Å². The van der Waals surface area contributed by atoms with Crippen LogP contribution in [0.25, 0.3) is 0 Å². The summed E-state index contributed by atoms with van der Waals surface area (Å²) in [6.07, 6.45) is 0. The molecule has 0 heterocycles. The van der Waals surface area contributed by atoms with Gasteiger partial charge in [-0.1, -0.05) is 33.6 Å². The molecule has 0 unspecified atom stereocenters. The van der Waals surface area contributed by atoms with Gasteiger partial charge in [-0.25, -0.2) is 0 Å². The third kappa shape index (κ3) is 3.00. The molecule has 0 atom stereocenters. The van der Waals surface area contributed by atoms with E-state index in [9.17, 15) is 10.1 Å². The number of nitro groups is 1. The van der Waals surface area contributed by atoms with Gasteiger partial charge in [0.05, 0.1) is 4.92 Å². The zero-order valence-electron chi connectivity index (χ0n) is 8.97. The number of nitrogens with zero attached hydrogens (tertiary/aromatic N) is 1. The van der Waals surface area contributed by atoms with E-state index in [-0.39, 0.29) is 11.4 Å². The highest BCUT2D eigenvalue weighted by atomic mass is 79.9. The Morgan fingerprint density at radius 3 is 2.67 bits per heavy atom. The smallest absolute Gasteiger partial charge is 0.313 e. The van der Waals surface area contributed by atoms with Crippen LogP contribution in [0.1, 0.15) is 0 Å². The van der Waals surface area contributed by atoms with E-state index in [0.29, 0.717) is 10.8 Å². The molecular formula is C12H7BrClNO3. The zero-order valence-corrected chi connectivity index (χ0v) is 11.3. The van der Waals surface area contributed by atoms with Crippen LogP contribution in [0.15, 0.2) is 46.9 Å². The molecule has 0 aliphatic carbocycles. The van der Waals surface area contributed by atoms with Crippen LogP contribution >= 0.6 is 27.5 Å². The van der Waals surface area contributed by atoms with E-state index in [1.165, 1.54) is 12.1 Å². The average Bonchev–Trinajstić information content (AvgIpc) is 2.31. The van der Waals surface area contributed by atoms with E-state index in [4.69, 9.17) is 16.3 Å². The third-order valence-electron chi connectivity index (χ3n) is 2.14. The van der Waals surface area contributed by atoms with Gasteiger partial charge in [0.1, 0.15) is 5.75 Å². The van der Waals surface area contributed by atoms with Crippen LogP contribution < -0.4 is 4.74 Å². The molecule has 6 heteroatoms. The largest absolute Gasteiger partial charge is 0.450 e. The molecule has 4 nitrogen and oxygen atoms in total. The van der Waals surface area contributed by atoms with Crippen molar-refractivity contribution in [2.24, 2.45) is 0 Å². The summed E-state index contributed by atoms with van der Waals surface area (Å²) in [5.74, 6) is 0.664. The van der Waals surface area contributed by atoms with Crippen LogP contribution in [0, 0.1) is 10.1 Å². The van der Waals surface area contributed by atoms with Crippen molar-refractivity contribution in [3.63, 3.8) is 0 Å². The fraction of sp³-hybridized carbons (Fsp3) is 0. The van der Waals surface area contributed by atoms with E-state index in [0.717, 1.165) is 4.47 Å². The first-order valence-electron chi connectivity index (χ1n) is 4.93. The van der Waals surface area contributed by atoms with E-state index in [1.54, 1.807) is 24.3 Å². The van der Waals surface area contributed by atoms with Gasteiger partial charge in [-0.2, -0.15) is 0 Å². The normalized spacial score (nSPS) is 10.1. The van der Waals surface area contributed by atoms with Gasteiger partial charge in [-0.15, -0.1) is 0 Å². The molecule has 0 N–H and O–H groups in total. The molecule has 0 fully saturated rings. The highest BCUT2D eigenvalue weighted by Crippen LogP contribution is 2.34. The van der Waals surface area contributed by atoms with Crippen molar-refractivity contribution in [1.82, 2.24) is 0 Å². The lowest BCUT2D eigenvalue weighted by Crippen LogP contribution is -1.93. The molecule has 2 rings (SSSR count). The Labute approximate surface area is 116 Å². The number of nitro benzene ring substituents is 1. The highest BCUT2D eigenvalue weighted by Gasteiger charge is 2.16. The maximum absolute atomic E-state index is 10.9. The van der Waals surface area contributed by atoms with Crippen molar-refractivity contribution in [1.29, 1.82) is 0 Å². The third-order valence-corrected chi connectivity index (χ3v) is 2.87. The monoisotopic (exact) mass is 327 g/mol. The van der Waals surface area contributed by atoms with Crippen LogP contribution in [0.4, 0.5) is 5.69 Å². The number of hydrogen-bond donors (Lipinski definition) is 0. The number of hydrogen-bond acceptors (Lipinski definition) is 3. The number of ether oxygens (including phenoxy) is 1. The first-order chi connectivity index (χ1) is 8.56. The van der Waals surface area contributed by atoms with Gasteiger partial charge in [0.2, 0.25) is 5.75 Å². The second-order valence-corrected chi connectivity index (χ2v) is 4.78. The number of halogens is 2. The summed E-state index contributed by atoms with van der Waals surface area (Å²) in [6, 6.07) is 11.3. The molecule has 0 spiro atoms. The fourth-order valence-electron chi connectivity index (χ4n) is 1.38. The predicted molar refractivity (Wildman–Crippen MR) is 72.3 cm³/mol. The molecule has 0 aliphatic heterocycles. The van der Waals surface area contributed by atoms with Crippen molar-refractivity contribution in [3.8, 4) is 11.5 Å². The Kier molecular flexibility index (Phi) is 3.84. The van der Waals surface area contributed by atoms with Crippen LogP contribution in [-0.4, -0.2) is 4.92 Å². The molecule has 0 saturated heterocycles. The van der Waals surface area contributed by atoms with Gasteiger partial charge < -0.3 is 4.74 Å². The summed E-state index contributed by atoms with van der Waals surface area (Å²) in [5, 5.41) is 11.2. The van der Waals surface area contributed by atoms with Crippen molar-refractivity contribution in [2.45, 2.75) is 0 Å². The molecule has 0 radical (unpaired) electrons. The SMILES string of the molecule is O=[N+]([O-])c1cc(Cl)ccc1Oc1cccc(Br)c1. The number of benzene rings is 2. The molecular weight excluding hydrogens is 321 g/mol. The minimum Gasteiger partial charge on any atom is -0.450 e. The molecule has 92 valence electrons. The summed E-state index contributed by atoms with van der Waals surface area (Å²) in [5.41, 5.74) is -0.164. The average molecular weight is 329 g/mol. The van der Waals surface area contributed by atoms with Crippen molar-refractivity contribution >= 4 is 33.2 Å². The Morgan fingerprint density at radius 2 is 2.00 bits per heavy atom. The van der Waals surface area contributed by atoms with E-state index < -0.39 is 4.92 Å². The van der Waals surface area contributed by atoms with Crippen LogP contribution in [0.5, 0.6) is 11.5 Å². The predicted octanol–water partition coefficient (Wildman–Crippen LogP) is 4.80. The minimum absolute atomic E-state index is 0.155. The molecule has 0 saturated carbocycles. The highest BCUT2D eigenvalue weighted by molar-refractivity contribution is 9.10. The molecule has 0 aliphatic rings. The summed E-state index contributed by atoms with van der Waals surface area (Å²) < 4.78 is 6.31. The van der Waals surface area contributed by atoms with E-state index >= 15 is 0 Å². The Morgan fingerprint density at radius 1 is 1.22 bits per heavy atom. The Balaban J connectivity index is 2.37. The lowest BCUT2D eigenvalue weighted by molar-refractivity contribution is -0.385. The second kappa shape index (κ2) is 5.37. The van der Waals surface area contributed by atoms with Crippen LogP contribution in [-0.2, 0) is 0 Å². The van der Waals surface area contributed by atoms with Crippen molar-refractivity contribution in [3.05, 3.63) is 62.1 Å². The van der Waals surface area contributed by atoms with Gasteiger partial charge in [-0.05, 0) is 30.3 Å². The van der Waals surface area contributed by atoms with Crippen molar-refractivity contribution in [2.75, 3.05) is 0 Å². The van der Waals surface area contributed by atoms with Crippen LogP contribution in [0.3, 0.4) is 0 Å². The first-order valence-corrected chi connectivity index (χ1v) is 6.11. The molecule has 2 aromatic carbocycles. The van der Waals surface area contributed by atoms with Gasteiger partial charge in [0.15, 0.2) is 0 Å². The maximum atomic E-state index is 10.9. The maximum Gasteiger partial charge on any atom is 0.313 e. The standard InChI is InChI=1S/C12H7BrClNO3/c13-8-2-1-3-10(6-8)18-12-5-4-9(14)7-11(12)15(16)17/h1-7H. The molecule has 0 aromatic heterocycles.